The van der Waals surface area contributed by atoms with Crippen molar-refractivity contribution in [3.05, 3.63) is 64.4 Å². The van der Waals surface area contributed by atoms with Crippen LogP contribution >= 0.6 is 11.6 Å². The molecule has 27 heavy (non-hydrogen) atoms. The van der Waals surface area contributed by atoms with Crippen LogP contribution in [0.25, 0.3) is 0 Å². The van der Waals surface area contributed by atoms with Gasteiger partial charge in [0.1, 0.15) is 5.82 Å². The van der Waals surface area contributed by atoms with Crippen LogP contribution in [-0.4, -0.2) is 30.3 Å². The van der Waals surface area contributed by atoms with E-state index in [2.05, 4.69) is 5.32 Å². The summed E-state index contributed by atoms with van der Waals surface area (Å²) in [5.74, 6) is -1.58. The summed E-state index contributed by atoms with van der Waals surface area (Å²) in [6.07, 6.45) is 0.246. The molecule has 0 aliphatic carbocycles. The molecule has 1 atom stereocenters. The molecule has 0 saturated carbocycles. The van der Waals surface area contributed by atoms with E-state index in [0.717, 1.165) is 5.56 Å². The van der Waals surface area contributed by atoms with Crippen LogP contribution in [0, 0.1) is 5.82 Å². The van der Waals surface area contributed by atoms with Gasteiger partial charge in [-0.15, -0.1) is 0 Å². The molecule has 0 bridgehead atoms. The molecule has 2 aromatic rings. The molecule has 1 aliphatic heterocycles. The van der Waals surface area contributed by atoms with Crippen LogP contribution in [0.2, 0.25) is 5.02 Å². The maximum atomic E-state index is 13.6. The Kier molecular flexibility index (Phi) is 5.41. The maximum absolute atomic E-state index is 13.6. The van der Waals surface area contributed by atoms with E-state index in [9.17, 15) is 18.8 Å². The summed E-state index contributed by atoms with van der Waals surface area (Å²) in [7, 11) is 0. The molecule has 1 unspecified atom stereocenters. The van der Waals surface area contributed by atoms with Gasteiger partial charge in [0.05, 0.1) is 17.5 Å². The Morgan fingerprint density at radius 3 is 2.56 bits per heavy atom. The van der Waals surface area contributed by atoms with Gasteiger partial charge >= 0.3 is 0 Å². The van der Waals surface area contributed by atoms with Gasteiger partial charge in [0.2, 0.25) is 17.7 Å². The highest BCUT2D eigenvalue weighted by molar-refractivity contribution is 6.30. The molecule has 1 fully saturated rings. The molecule has 2 aromatic carbocycles. The van der Waals surface area contributed by atoms with E-state index in [4.69, 9.17) is 17.3 Å². The Balaban J connectivity index is 1.59. The zero-order chi connectivity index (χ0) is 19.6. The topological polar surface area (TPSA) is 92.5 Å². The fourth-order valence-corrected chi connectivity index (χ4v) is 3.08. The minimum atomic E-state index is -0.603. The molecule has 8 heteroatoms. The van der Waals surface area contributed by atoms with Gasteiger partial charge in [-0.1, -0.05) is 23.7 Å². The molecule has 3 N–H and O–H groups in total. The molecule has 6 nitrogen and oxygen atoms in total. The van der Waals surface area contributed by atoms with Crippen LogP contribution in [0.4, 0.5) is 10.1 Å². The molecule has 0 spiro atoms. The van der Waals surface area contributed by atoms with Crippen molar-refractivity contribution in [3.8, 4) is 0 Å². The molecule has 3 amide bonds. The van der Waals surface area contributed by atoms with Crippen molar-refractivity contribution in [3.63, 3.8) is 0 Å². The Morgan fingerprint density at radius 2 is 1.93 bits per heavy atom. The smallest absolute Gasteiger partial charge is 0.248 e. The highest BCUT2D eigenvalue weighted by Gasteiger charge is 2.31. The highest BCUT2D eigenvalue weighted by Crippen LogP contribution is 2.25. The van der Waals surface area contributed by atoms with Crippen LogP contribution in [0.15, 0.2) is 42.5 Å². The quantitative estimate of drug-likeness (QED) is 0.819. The van der Waals surface area contributed by atoms with Crippen LogP contribution in [0.5, 0.6) is 0 Å². The summed E-state index contributed by atoms with van der Waals surface area (Å²) in [6, 6.07) is 10.2. The van der Waals surface area contributed by atoms with Gasteiger partial charge in [0, 0.05) is 24.2 Å². The lowest BCUT2D eigenvalue weighted by atomic mass is 10.1. The minimum Gasteiger partial charge on any atom is -0.366 e. The van der Waals surface area contributed by atoms with Crippen LogP contribution in [0.3, 0.4) is 0 Å². The van der Waals surface area contributed by atoms with E-state index in [1.54, 1.807) is 30.3 Å². The number of anilines is 1. The third kappa shape index (κ3) is 4.43. The van der Waals surface area contributed by atoms with Crippen molar-refractivity contribution in [2.24, 2.45) is 5.73 Å². The van der Waals surface area contributed by atoms with Crippen molar-refractivity contribution >= 4 is 35.0 Å². The molecule has 1 aliphatic rings. The van der Waals surface area contributed by atoms with Gasteiger partial charge in [-0.05, 0) is 35.9 Å². The normalized spacial score (nSPS) is 16.4. The number of benzene rings is 2. The first kappa shape index (κ1) is 18.8. The fraction of sp³-hybridized carbons (Fsp3) is 0.211. The summed E-state index contributed by atoms with van der Waals surface area (Å²) in [5, 5.41) is 2.79. The number of carbonyl (C=O) groups is 3. The van der Waals surface area contributed by atoms with Gasteiger partial charge in [-0.2, -0.15) is 0 Å². The average Bonchev–Trinajstić information content (AvgIpc) is 2.97. The minimum absolute atomic E-state index is 0.0161. The molecule has 1 heterocycles. The molecule has 140 valence electrons. The number of halogens is 2. The Morgan fingerprint density at radius 1 is 1.22 bits per heavy atom. The number of nitrogens with zero attached hydrogens (tertiary/aromatic N) is 1. The predicted octanol–water partition coefficient (Wildman–Crippen LogP) is 2.04. The van der Waals surface area contributed by atoms with Gasteiger partial charge in [0.25, 0.3) is 0 Å². The first-order valence-electron chi connectivity index (χ1n) is 8.27. The highest BCUT2D eigenvalue weighted by atomic mass is 35.5. The molecular formula is C19H17ClFN3O3. The second-order valence-electron chi connectivity index (χ2n) is 6.31. The predicted molar refractivity (Wildman–Crippen MR) is 99.0 cm³/mol. The average molecular weight is 390 g/mol. The third-order valence-electron chi connectivity index (χ3n) is 4.31. The number of rotatable bonds is 5. The van der Waals surface area contributed by atoms with E-state index >= 15 is 0 Å². The van der Waals surface area contributed by atoms with Gasteiger partial charge in [-0.25, -0.2) is 4.39 Å². The molecule has 0 radical (unpaired) electrons. The van der Waals surface area contributed by atoms with E-state index in [0.29, 0.717) is 11.3 Å². The van der Waals surface area contributed by atoms with Crippen LogP contribution in [0.1, 0.15) is 22.3 Å². The number of primary amides is 1. The zero-order valence-electron chi connectivity index (χ0n) is 14.2. The second-order valence-corrected chi connectivity index (χ2v) is 6.72. The van der Waals surface area contributed by atoms with Crippen molar-refractivity contribution in [1.82, 2.24) is 5.32 Å². The van der Waals surface area contributed by atoms with Crippen LogP contribution < -0.4 is 16.0 Å². The molecule has 1 saturated heterocycles. The number of nitrogens with two attached hydrogens (primary N) is 1. The van der Waals surface area contributed by atoms with Gasteiger partial charge in [0.15, 0.2) is 0 Å². The monoisotopic (exact) mass is 389 g/mol. The molecule has 3 rings (SSSR count). The van der Waals surface area contributed by atoms with E-state index in [1.165, 1.54) is 17.0 Å². The third-order valence-corrected chi connectivity index (χ3v) is 4.61. The SMILES string of the molecule is NC(=O)c1ccc(CC(=O)NC2CC(=O)N(c3ccc(Cl)c(F)c3)C2)cc1. The lowest BCUT2D eigenvalue weighted by Gasteiger charge is -2.17. The first-order valence-corrected chi connectivity index (χ1v) is 8.65. The van der Waals surface area contributed by atoms with E-state index in [1.807, 2.05) is 0 Å². The molecular weight excluding hydrogens is 373 g/mol. The Labute approximate surface area is 160 Å². The summed E-state index contributed by atoms with van der Waals surface area (Å²) < 4.78 is 13.6. The number of carbonyl (C=O) groups excluding carboxylic acids is 3. The number of nitrogens with one attached hydrogen (secondary N) is 1. The van der Waals surface area contributed by atoms with Crippen molar-refractivity contribution in [1.29, 1.82) is 0 Å². The fourth-order valence-electron chi connectivity index (χ4n) is 2.96. The van der Waals surface area contributed by atoms with E-state index < -0.39 is 11.7 Å². The number of hydrogen-bond donors (Lipinski definition) is 2. The zero-order valence-corrected chi connectivity index (χ0v) is 15.0. The Bertz CT molecular complexity index is 902. The Hall–Kier alpha value is -2.93. The van der Waals surface area contributed by atoms with Crippen molar-refractivity contribution < 1.29 is 18.8 Å². The first-order chi connectivity index (χ1) is 12.8. The summed E-state index contributed by atoms with van der Waals surface area (Å²) in [5.41, 5.74) is 6.67. The van der Waals surface area contributed by atoms with Crippen molar-refractivity contribution in [2.45, 2.75) is 18.9 Å². The largest absolute Gasteiger partial charge is 0.366 e. The number of amides is 3. The van der Waals surface area contributed by atoms with E-state index in [-0.39, 0.29) is 42.3 Å². The number of hydrogen-bond acceptors (Lipinski definition) is 3. The lowest BCUT2D eigenvalue weighted by molar-refractivity contribution is -0.121. The van der Waals surface area contributed by atoms with Crippen LogP contribution in [-0.2, 0) is 16.0 Å². The maximum Gasteiger partial charge on any atom is 0.248 e. The summed E-state index contributed by atoms with van der Waals surface area (Å²) >= 11 is 5.66. The molecule has 0 aromatic heterocycles. The standard InChI is InChI=1S/C19H17ClFN3O3/c20-15-6-5-14(9-16(15)21)24-10-13(8-18(24)26)23-17(25)7-11-1-3-12(4-2-11)19(22)27/h1-6,9,13H,7-8,10H2,(H2,22,27)(H,23,25). The van der Waals surface area contributed by atoms with Gasteiger partial charge < -0.3 is 16.0 Å². The van der Waals surface area contributed by atoms with Crippen molar-refractivity contribution in [2.75, 3.05) is 11.4 Å². The van der Waals surface area contributed by atoms with Gasteiger partial charge in [-0.3, -0.25) is 14.4 Å². The summed E-state index contributed by atoms with van der Waals surface area (Å²) in [6.45, 7) is 0.256. The summed E-state index contributed by atoms with van der Waals surface area (Å²) in [4.78, 5) is 36.9. The second kappa shape index (κ2) is 7.75. The lowest BCUT2D eigenvalue weighted by Crippen LogP contribution is -2.38.